The Balaban J connectivity index is 2.10. The number of sulfonamides is 1. The monoisotopic (exact) mass is 322 g/mol. The van der Waals surface area contributed by atoms with Crippen LogP contribution >= 0.6 is 0 Å². The van der Waals surface area contributed by atoms with Gasteiger partial charge < -0.3 is 5.32 Å². The van der Waals surface area contributed by atoms with Crippen LogP contribution in [0, 0.1) is 0 Å². The topological polar surface area (TPSA) is 58.2 Å². The lowest BCUT2D eigenvalue weighted by molar-refractivity contribution is -0.160. The van der Waals surface area contributed by atoms with E-state index in [0.717, 1.165) is 5.56 Å². The molecule has 21 heavy (non-hydrogen) atoms. The van der Waals surface area contributed by atoms with Crippen LogP contribution in [0.15, 0.2) is 24.3 Å². The van der Waals surface area contributed by atoms with Gasteiger partial charge in [0.15, 0.2) is 0 Å². The summed E-state index contributed by atoms with van der Waals surface area (Å²) in [4.78, 5) is 0. The van der Waals surface area contributed by atoms with Crippen LogP contribution in [-0.4, -0.2) is 27.2 Å². The summed E-state index contributed by atoms with van der Waals surface area (Å²) in [7, 11) is -2.28. The Morgan fingerprint density at radius 2 is 1.86 bits per heavy atom. The lowest BCUT2D eigenvalue weighted by Crippen LogP contribution is -2.48. The number of hydrogen-bond acceptors (Lipinski definition) is 3. The zero-order valence-electron chi connectivity index (χ0n) is 11.5. The average molecular weight is 322 g/mol. The van der Waals surface area contributed by atoms with Crippen molar-refractivity contribution in [2.45, 2.75) is 36.9 Å². The predicted octanol–water partition coefficient (Wildman–Crippen LogP) is 1.92. The van der Waals surface area contributed by atoms with Gasteiger partial charge in [-0.1, -0.05) is 24.3 Å². The van der Waals surface area contributed by atoms with Gasteiger partial charge in [0.1, 0.15) is 5.54 Å². The van der Waals surface area contributed by atoms with Crippen molar-refractivity contribution in [1.29, 1.82) is 0 Å². The molecule has 1 saturated carbocycles. The average Bonchev–Trinajstić information content (AvgIpc) is 3.08. The van der Waals surface area contributed by atoms with Crippen LogP contribution in [0.2, 0.25) is 0 Å². The smallest absolute Gasteiger partial charge is 0.316 e. The van der Waals surface area contributed by atoms with Crippen LogP contribution < -0.4 is 10.0 Å². The molecule has 0 amide bonds. The second-order valence-electron chi connectivity index (χ2n) is 5.29. The molecule has 0 spiro atoms. The highest BCUT2D eigenvalue weighted by Gasteiger charge is 2.65. The van der Waals surface area contributed by atoms with Gasteiger partial charge in [0.2, 0.25) is 10.0 Å². The normalized spacial score (nSPS) is 17.7. The van der Waals surface area contributed by atoms with Crippen molar-refractivity contribution in [3.05, 3.63) is 35.4 Å². The largest absolute Gasteiger partial charge is 0.407 e. The molecule has 0 radical (unpaired) electrons. The number of halogens is 3. The second kappa shape index (κ2) is 5.58. The molecule has 0 bridgehead atoms. The molecule has 4 nitrogen and oxygen atoms in total. The molecule has 0 unspecified atom stereocenters. The molecular formula is C13H17F3N2O2S. The molecule has 0 saturated heterocycles. The van der Waals surface area contributed by atoms with Crippen LogP contribution in [0.3, 0.4) is 0 Å². The summed E-state index contributed by atoms with van der Waals surface area (Å²) < 4.78 is 64.1. The minimum Gasteiger partial charge on any atom is -0.316 e. The zero-order valence-corrected chi connectivity index (χ0v) is 12.3. The minimum atomic E-state index is -4.55. The fraction of sp³-hybridized carbons (Fsp3) is 0.538. The van der Waals surface area contributed by atoms with Gasteiger partial charge in [-0.2, -0.15) is 17.9 Å². The van der Waals surface area contributed by atoms with Crippen LogP contribution in [0.25, 0.3) is 0 Å². The Bertz CT molecular complexity index is 610. The van der Waals surface area contributed by atoms with E-state index in [0.29, 0.717) is 12.1 Å². The Morgan fingerprint density at radius 1 is 1.24 bits per heavy atom. The van der Waals surface area contributed by atoms with E-state index in [2.05, 4.69) is 5.32 Å². The first kappa shape index (κ1) is 16.3. The lowest BCUT2D eigenvalue weighted by Gasteiger charge is -2.20. The van der Waals surface area contributed by atoms with Crippen molar-refractivity contribution in [2.24, 2.45) is 0 Å². The summed E-state index contributed by atoms with van der Waals surface area (Å²) in [5, 5.41) is 2.93. The van der Waals surface area contributed by atoms with E-state index in [-0.39, 0.29) is 12.8 Å². The highest BCUT2D eigenvalue weighted by molar-refractivity contribution is 7.88. The third-order valence-electron chi connectivity index (χ3n) is 3.37. The van der Waals surface area contributed by atoms with Crippen molar-refractivity contribution in [3.8, 4) is 0 Å². The molecule has 1 aliphatic carbocycles. The predicted molar refractivity (Wildman–Crippen MR) is 73.0 cm³/mol. The summed E-state index contributed by atoms with van der Waals surface area (Å²) in [6.45, 7) is 0.563. The van der Waals surface area contributed by atoms with Gasteiger partial charge in [-0.05, 0) is 31.0 Å². The van der Waals surface area contributed by atoms with Crippen molar-refractivity contribution in [1.82, 2.24) is 10.0 Å². The van der Waals surface area contributed by atoms with Gasteiger partial charge in [0.05, 0.1) is 5.75 Å². The third-order valence-corrected chi connectivity index (χ3v) is 4.79. The fourth-order valence-corrected chi connectivity index (χ4v) is 3.76. The van der Waals surface area contributed by atoms with Crippen molar-refractivity contribution in [3.63, 3.8) is 0 Å². The highest BCUT2D eigenvalue weighted by Crippen LogP contribution is 2.49. The molecule has 2 N–H and O–H groups in total. The lowest BCUT2D eigenvalue weighted by atomic mass is 10.1. The maximum atomic E-state index is 12.8. The Morgan fingerprint density at radius 3 is 2.38 bits per heavy atom. The van der Waals surface area contributed by atoms with Crippen LogP contribution in [-0.2, 0) is 22.3 Å². The Hall–Kier alpha value is -1.12. The van der Waals surface area contributed by atoms with E-state index < -0.39 is 27.5 Å². The molecule has 0 atom stereocenters. The van der Waals surface area contributed by atoms with Gasteiger partial charge in [0, 0.05) is 6.54 Å². The number of alkyl halides is 3. The quantitative estimate of drug-likeness (QED) is 0.841. The zero-order chi connectivity index (χ0) is 15.7. The number of rotatable bonds is 6. The first-order valence-electron chi connectivity index (χ1n) is 6.48. The van der Waals surface area contributed by atoms with Crippen LogP contribution in [0.1, 0.15) is 24.0 Å². The maximum Gasteiger partial charge on any atom is 0.407 e. The van der Waals surface area contributed by atoms with Gasteiger partial charge in [-0.25, -0.2) is 8.42 Å². The molecule has 0 aromatic heterocycles. The molecule has 0 heterocycles. The molecule has 1 aliphatic rings. The van der Waals surface area contributed by atoms with E-state index >= 15 is 0 Å². The van der Waals surface area contributed by atoms with Crippen LogP contribution in [0.4, 0.5) is 13.2 Å². The summed E-state index contributed by atoms with van der Waals surface area (Å²) >= 11 is 0. The summed E-state index contributed by atoms with van der Waals surface area (Å²) in [5.41, 5.74) is -0.913. The first-order chi connectivity index (χ1) is 9.67. The van der Waals surface area contributed by atoms with E-state index in [9.17, 15) is 21.6 Å². The Labute approximate surface area is 121 Å². The molecule has 0 aliphatic heterocycles. The molecule has 1 aromatic carbocycles. The van der Waals surface area contributed by atoms with Crippen LogP contribution in [0.5, 0.6) is 0 Å². The Kier molecular flexibility index (Phi) is 4.32. The number of nitrogens with one attached hydrogen (secondary N) is 2. The van der Waals surface area contributed by atoms with E-state index in [1.807, 2.05) is 10.8 Å². The van der Waals surface area contributed by atoms with Crippen molar-refractivity contribution >= 4 is 10.0 Å². The van der Waals surface area contributed by atoms with Gasteiger partial charge in [-0.3, -0.25) is 0 Å². The molecule has 1 fully saturated rings. The summed E-state index contributed by atoms with van der Waals surface area (Å²) in [6.07, 6.45) is -4.95. The van der Waals surface area contributed by atoms with E-state index in [1.165, 1.54) is 0 Å². The molecular weight excluding hydrogens is 305 g/mol. The van der Waals surface area contributed by atoms with Gasteiger partial charge >= 0.3 is 6.18 Å². The summed E-state index contributed by atoms with van der Waals surface area (Å²) in [6, 6.07) is 6.76. The highest BCUT2D eigenvalue weighted by atomic mass is 32.2. The number of hydrogen-bond donors (Lipinski definition) is 2. The van der Waals surface area contributed by atoms with Gasteiger partial charge in [0.25, 0.3) is 0 Å². The molecule has 1 aromatic rings. The fourth-order valence-electron chi connectivity index (χ4n) is 2.16. The van der Waals surface area contributed by atoms with Crippen molar-refractivity contribution in [2.75, 3.05) is 7.05 Å². The number of benzene rings is 1. The minimum absolute atomic E-state index is 0.199. The SMILES string of the molecule is CNCc1cccc(CS(=O)(=O)NC2(C(F)(F)F)CC2)c1. The standard InChI is InChI=1S/C13H17F3N2O2S/c1-17-8-10-3-2-4-11(7-10)9-21(19,20)18-12(5-6-12)13(14,15)16/h2-4,7,17-18H,5-6,8-9H2,1H3. The van der Waals surface area contributed by atoms with E-state index in [1.54, 1.807) is 25.2 Å². The molecule has 2 rings (SSSR count). The van der Waals surface area contributed by atoms with Gasteiger partial charge in [-0.15, -0.1) is 0 Å². The maximum absolute atomic E-state index is 12.8. The molecule has 118 valence electrons. The summed E-state index contributed by atoms with van der Waals surface area (Å²) in [5.74, 6) is -0.456. The second-order valence-corrected chi connectivity index (χ2v) is 7.01. The first-order valence-corrected chi connectivity index (χ1v) is 8.13. The molecule has 8 heteroatoms. The third kappa shape index (κ3) is 3.96. The van der Waals surface area contributed by atoms with E-state index in [4.69, 9.17) is 0 Å². The van der Waals surface area contributed by atoms with Crippen molar-refractivity contribution < 1.29 is 21.6 Å².